The summed E-state index contributed by atoms with van der Waals surface area (Å²) in [6.45, 7) is -3.23. The fourth-order valence-electron chi connectivity index (χ4n) is 1.34. The van der Waals surface area contributed by atoms with E-state index in [1.807, 2.05) is 0 Å². The largest absolute Gasteiger partial charge is 0.573 e. The maximum atomic E-state index is 12.2. The van der Waals surface area contributed by atoms with E-state index in [2.05, 4.69) is 25.4 Å². The number of ether oxygens (including phenoxy) is 2. The molecule has 9 heteroatoms. The Morgan fingerprint density at radius 1 is 1.30 bits per heavy atom. The highest BCUT2D eigenvalue weighted by Gasteiger charge is 2.31. The highest BCUT2D eigenvalue weighted by molar-refractivity contribution is 9.09. The molecule has 0 saturated heterocycles. The van der Waals surface area contributed by atoms with Crippen LogP contribution >= 0.6 is 15.9 Å². The first-order chi connectivity index (χ1) is 9.21. The Morgan fingerprint density at radius 2 is 1.95 bits per heavy atom. The molecule has 0 fully saturated rings. The van der Waals surface area contributed by atoms with Crippen LogP contribution in [0.3, 0.4) is 0 Å². The lowest BCUT2D eigenvalue weighted by molar-refractivity contribution is -0.274. The quantitative estimate of drug-likeness (QED) is 0.571. The minimum atomic E-state index is -4.95. The van der Waals surface area contributed by atoms with Gasteiger partial charge in [0.1, 0.15) is 17.3 Å². The maximum absolute atomic E-state index is 12.2. The predicted molar refractivity (Wildman–Crippen MR) is 62.3 cm³/mol. The minimum Gasteiger partial charge on any atom is -0.434 e. The van der Waals surface area contributed by atoms with Crippen LogP contribution in [0, 0.1) is 0 Å². The lowest BCUT2D eigenvalue weighted by Gasteiger charge is -2.13. The van der Waals surface area contributed by atoms with Crippen LogP contribution in [0.15, 0.2) is 18.2 Å². The lowest BCUT2D eigenvalue weighted by atomic mass is 10.1. The third-order valence-electron chi connectivity index (χ3n) is 2.02. The van der Waals surface area contributed by atoms with E-state index < -0.39 is 24.5 Å². The smallest absolute Gasteiger partial charge is 0.434 e. The van der Waals surface area contributed by atoms with Gasteiger partial charge in [0.15, 0.2) is 0 Å². The molecule has 1 aromatic rings. The first-order valence-electron chi connectivity index (χ1n) is 5.12. The van der Waals surface area contributed by atoms with Gasteiger partial charge in [0.2, 0.25) is 0 Å². The molecule has 20 heavy (non-hydrogen) atoms. The standard InChI is InChI=1S/C11H8BrF5O3/c12-5-7(18)3-6-1-2-8(20-11(15,16)17)4-9(6)19-10(13)14/h1-2,4,10H,3,5H2. The molecular weight excluding hydrogens is 355 g/mol. The Morgan fingerprint density at radius 3 is 2.45 bits per heavy atom. The normalized spacial score (nSPS) is 11.6. The van der Waals surface area contributed by atoms with Crippen LogP contribution in [-0.4, -0.2) is 24.1 Å². The number of Topliss-reactive ketones (excluding diaryl/α,β-unsaturated/α-hetero) is 1. The van der Waals surface area contributed by atoms with Gasteiger partial charge in [-0.05, 0) is 6.07 Å². The van der Waals surface area contributed by atoms with Gasteiger partial charge in [-0.1, -0.05) is 22.0 Å². The molecule has 1 aromatic carbocycles. The maximum Gasteiger partial charge on any atom is 0.573 e. The summed E-state index contributed by atoms with van der Waals surface area (Å²) in [5, 5.41) is -0.0120. The molecule has 112 valence electrons. The first-order valence-corrected chi connectivity index (χ1v) is 6.24. The summed E-state index contributed by atoms with van der Waals surface area (Å²) < 4.78 is 68.2. The topological polar surface area (TPSA) is 35.5 Å². The van der Waals surface area contributed by atoms with E-state index >= 15 is 0 Å². The molecule has 0 aliphatic heterocycles. The van der Waals surface area contributed by atoms with Crippen LogP contribution in [0.2, 0.25) is 0 Å². The van der Waals surface area contributed by atoms with Gasteiger partial charge in [-0.3, -0.25) is 4.79 Å². The van der Waals surface area contributed by atoms with E-state index in [9.17, 15) is 26.7 Å². The molecular formula is C11H8BrF5O3. The zero-order chi connectivity index (χ0) is 15.3. The van der Waals surface area contributed by atoms with Gasteiger partial charge in [0.05, 0.1) is 5.33 Å². The molecule has 0 unspecified atom stereocenters. The molecule has 0 N–H and O–H groups in total. The average Bonchev–Trinajstić information content (AvgIpc) is 2.29. The summed E-state index contributed by atoms with van der Waals surface area (Å²) in [5.41, 5.74) is 0.0456. The van der Waals surface area contributed by atoms with E-state index in [4.69, 9.17) is 0 Å². The van der Waals surface area contributed by atoms with Crippen LogP contribution in [0.1, 0.15) is 5.56 Å². The number of hydrogen-bond acceptors (Lipinski definition) is 3. The fraction of sp³-hybridized carbons (Fsp3) is 0.364. The van der Waals surface area contributed by atoms with Crippen molar-refractivity contribution in [1.29, 1.82) is 0 Å². The highest BCUT2D eigenvalue weighted by Crippen LogP contribution is 2.30. The van der Waals surface area contributed by atoms with Crippen molar-refractivity contribution >= 4 is 21.7 Å². The average molecular weight is 363 g/mol. The third kappa shape index (κ3) is 5.72. The molecule has 0 spiro atoms. The summed E-state index contributed by atoms with van der Waals surface area (Å²) in [5.74, 6) is -1.58. The number of ketones is 1. The predicted octanol–water partition coefficient (Wildman–Crippen LogP) is 3.69. The van der Waals surface area contributed by atoms with Crippen molar-refractivity contribution in [2.24, 2.45) is 0 Å². The zero-order valence-corrected chi connectivity index (χ0v) is 11.3. The Bertz CT molecular complexity index is 476. The molecule has 0 amide bonds. The summed E-state index contributed by atoms with van der Waals surface area (Å²) >= 11 is 2.89. The number of alkyl halides is 6. The third-order valence-corrected chi connectivity index (χ3v) is 2.65. The molecule has 0 atom stereocenters. The number of benzene rings is 1. The van der Waals surface area contributed by atoms with Crippen LogP contribution < -0.4 is 9.47 Å². The molecule has 0 aliphatic carbocycles. The second-order valence-corrected chi connectivity index (χ2v) is 4.11. The monoisotopic (exact) mass is 362 g/mol. The van der Waals surface area contributed by atoms with Crippen molar-refractivity contribution in [3.8, 4) is 11.5 Å². The number of carbonyl (C=O) groups is 1. The van der Waals surface area contributed by atoms with E-state index in [0.29, 0.717) is 6.07 Å². The number of rotatable bonds is 6. The molecule has 0 radical (unpaired) electrons. The van der Waals surface area contributed by atoms with Gasteiger partial charge in [0, 0.05) is 18.1 Å². The van der Waals surface area contributed by atoms with Crippen molar-refractivity contribution in [2.45, 2.75) is 19.4 Å². The summed E-state index contributed by atoms with van der Waals surface area (Å²) in [4.78, 5) is 11.2. The Labute approximate surface area is 118 Å². The molecule has 0 saturated carbocycles. The van der Waals surface area contributed by atoms with Gasteiger partial charge < -0.3 is 9.47 Å². The van der Waals surface area contributed by atoms with Crippen molar-refractivity contribution < 1.29 is 36.2 Å². The SMILES string of the molecule is O=C(CBr)Cc1ccc(OC(F)(F)F)cc1OC(F)F. The van der Waals surface area contributed by atoms with Gasteiger partial charge in [-0.2, -0.15) is 8.78 Å². The first kappa shape index (κ1) is 16.7. The summed E-state index contributed by atoms with van der Waals surface area (Å²) in [6, 6.07) is 2.65. The Balaban J connectivity index is 3.02. The van der Waals surface area contributed by atoms with Gasteiger partial charge in [-0.25, -0.2) is 0 Å². The van der Waals surface area contributed by atoms with Crippen molar-refractivity contribution in [3.05, 3.63) is 23.8 Å². The van der Waals surface area contributed by atoms with Crippen LogP contribution in [0.4, 0.5) is 22.0 Å². The van der Waals surface area contributed by atoms with E-state index in [1.54, 1.807) is 0 Å². The van der Waals surface area contributed by atoms with Gasteiger partial charge in [-0.15, -0.1) is 13.2 Å². The summed E-state index contributed by atoms with van der Waals surface area (Å²) in [7, 11) is 0. The molecule has 0 aliphatic rings. The molecule has 1 rings (SSSR count). The molecule has 3 nitrogen and oxygen atoms in total. The zero-order valence-electron chi connectivity index (χ0n) is 9.72. The van der Waals surface area contributed by atoms with Crippen LogP contribution in [-0.2, 0) is 11.2 Å². The Kier molecular flexibility index (Phi) is 5.73. The van der Waals surface area contributed by atoms with Gasteiger partial charge >= 0.3 is 13.0 Å². The highest BCUT2D eigenvalue weighted by atomic mass is 79.9. The van der Waals surface area contributed by atoms with E-state index in [-0.39, 0.29) is 23.1 Å². The van der Waals surface area contributed by atoms with Crippen LogP contribution in [0.25, 0.3) is 0 Å². The molecule has 0 heterocycles. The molecule has 0 aromatic heterocycles. The molecule has 0 bridgehead atoms. The fourth-order valence-corrected chi connectivity index (χ4v) is 1.54. The number of hydrogen-bond donors (Lipinski definition) is 0. The van der Waals surface area contributed by atoms with Crippen molar-refractivity contribution in [2.75, 3.05) is 5.33 Å². The van der Waals surface area contributed by atoms with Gasteiger partial charge in [0.25, 0.3) is 0 Å². The lowest BCUT2D eigenvalue weighted by Crippen LogP contribution is -2.17. The minimum absolute atomic E-state index is 0.0120. The van der Waals surface area contributed by atoms with Crippen molar-refractivity contribution in [3.63, 3.8) is 0 Å². The second kappa shape index (κ2) is 6.87. The number of halogens is 6. The summed E-state index contributed by atoms with van der Waals surface area (Å²) in [6.07, 6.45) is -5.20. The Hall–Kier alpha value is -1.38. The van der Waals surface area contributed by atoms with Crippen LogP contribution in [0.5, 0.6) is 11.5 Å². The van der Waals surface area contributed by atoms with Crippen molar-refractivity contribution in [1.82, 2.24) is 0 Å². The van der Waals surface area contributed by atoms with E-state index in [0.717, 1.165) is 12.1 Å². The second-order valence-electron chi connectivity index (χ2n) is 3.54. The van der Waals surface area contributed by atoms with E-state index in [1.165, 1.54) is 0 Å². The number of carbonyl (C=O) groups excluding carboxylic acids is 1.